The van der Waals surface area contributed by atoms with Crippen LogP contribution in [0.2, 0.25) is 5.15 Å². The molecule has 2 aliphatic heterocycles. The van der Waals surface area contributed by atoms with Gasteiger partial charge in [-0.1, -0.05) is 23.4 Å². The van der Waals surface area contributed by atoms with Gasteiger partial charge in [0.2, 0.25) is 11.8 Å². The van der Waals surface area contributed by atoms with Crippen LogP contribution in [0.5, 0.6) is 0 Å². The Hall–Kier alpha value is -1.58. The third kappa shape index (κ3) is 5.95. The molecule has 27 heavy (non-hydrogen) atoms. The van der Waals surface area contributed by atoms with E-state index in [1.165, 1.54) is 11.8 Å². The number of piperazine rings is 1. The van der Waals surface area contributed by atoms with Gasteiger partial charge in [0, 0.05) is 38.8 Å². The lowest BCUT2D eigenvalue weighted by molar-refractivity contribution is -0.127. The molecule has 2 saturated heterocycles. The molecule has 0 radical (unpaired) electrons. The number of nitrogens with zero attached hydrogens (tertiary/aromatic N) is 4. The summed E-state index contributed by atoms with van der Waals surface area (Å²) in [6.07, 6.45) is 2.53. The Balaban J connectivity index is 1.55. The SMILES string of the molecule is CN1CCN(c2cc(Cl)nc(SCC(=O)NC3CCCCNC3=O)n2)CC1. The Labute approximate surface area is 168 Å². The van der Waals surface area contributed by atoms with E-state index in [-0.39, 0.29) is 17.6 Å². The molecule has 2 amide bonds. The van der Waals surface area contributed by atoms with E-state index in [1.54, 1.807) is 6.07 Å². The Morgan fingerprint density at radius 1 is 1.33 bits per heavy atom. The molecular formula is C17H25ClN6O2S. The molecule has 3 rings (SSSR count). The molecule has 1 unspecified atom stereocenters. The van der Waals surface area contributed by atoms with Gasteiger partial charge in [0.25, 0.3) is 0 Å². The van der Waals surface area contributed by atoms with Crippen molar-refractivity contribution in [2.45, 2.75) is 30.5 Å². The highest BCUT2D eigenvalue weighted by molar-refractivity contribution is 7.99. The summed E-state index contributed by atoms with van der Waals surface area (Å²) in [5.74, 6) is 0.620. The largest absolute Gasteiger partial charge is 0.354 e. The minimum atomic E-state index is -0.457. The Morgan fingerprint density at radius 3 is 2.89 bits per heavy atom. The fourth-order valence-electron chi connectivity index (χ4n) is 3.09. The maximum atomic E-state index is 12.2. The molecule has 0 bridgehead atoms. The molecule has 0 saturated carbocycles. The van der Waals surface area contributed by atoms with Gasteiger partial charge in [0.15, 0.2) is 5.16 Å². The highest BCUT2D eigenvalue weighted by atomic mass is 35.5. The second kappa shape index (κ2) is 9.57. The van der Waals surface area contributed by atoms with Crippen molar-refractivity contribution in [1.29, 1.82) is 0 Å². The van der Waals surface area contributed by atoms with Crippen molar-refractivity contribution in [3.8, 4) is 0 Å². The average molecular weight is 413 g/mol. The van der Waals surface area contributed by atoms with Crippen LogP contribution in [0.15, 0.2) is 11.2 Å². The number of thioether (sulfide) groups is 1. The van der Waals surface area contributed by atoms with Crippen molar-refractivity contribution in [3.63, 3.8) is 0 Å². The molecule has 1 aromatic rings. The lowest BCUT2D eigenvalue weighted by Gasteiger charge is -2.33. The summed E-state index contributed by atoms with van der Waals surface area (Å²) < 4.78 is 0. The van der Waals surface area contributed by atoms with Crippen molar-refractivity contribution in [3.05, 3.63) is 11.2 Å². The zero-order chi connectivity index (χ0) is 19.2. The van der Waals surface area contributed by atoms with Gasteiger partial charge in [-0.15, -0.1) is 0 Å². The second-order valence-corrected chi connectivity index (χ2v) is 8.15. The molecule has 1 atom stereocenters. The van der Waals surface area contributed by atoms with E-state index in [9.17, 15) is 9.59 Å². The number of carbonyl (C=O) groups is 2. The monoisotopic (exact) mass is 412 g/mol. The van der Waals surface area contributed by atoms with Gasteiger partial charge in [-0.2, -0.15) is 0 Å². The number of aromatic nitrogens is 2. The molecule has 3 heterocycles. The van der Waals surface area contributed by atoms with E-state index in [1.807, 2.05) is 0 Å². The number of rotatable bonds is 5. The molecule has 0 aromatic carbocycles. The first-order chi connectivity index (χ1) is 13.0. The molecule has 1 aromatic heterocycles. The quantitative estimate of drug-likeness (QED) is 0.419. The summed E-state index contributed by atoms with van der Waals surface area (Å²) in [7, 11) is 2.10. The van der Waals surface area contributed by atoms with E-state index in [0.29, 0.717) is 23.3 Å². The Morgan fingerprint density at radius 2 is 2.11 bits per heavy atom. The van der Waals surface area contributed by atoms with Gasteiger partial charge >= 0.3 is 0 Å². The number of likely N-dealkylation sites (N-methyl/N-ethyl adjacent to an activating group) is 1. The number of halogens is 1. The number of amides is 2. The number of anilines is 1. The van der Waals surface area contributed by atoms with Crippen LogP contribution in [0.1, 0.15) is 19.3 Å². The minimum absolute atomic E-state index is 0.109. The molecule has 2 aliphatic rings. The van der Waals surface area contributed by atoms with E-state index in [0.717, 1.165) is 44.8 Å². The van der Waals surface area contributed by atoms with Gasteiger partial charge in [-0.25, -0.2) is 9.97 Å². The average Bonchev–Trinajstić information content (AvgIpc) is 2.85. The fraction of sp³-hybridized carbons (Fsp3) is 0.647. The van der Waals surface area contributed by atoms with E-state index >= 15 is 0 Å². The maximum Gasteiger partial charge on any atom is 0.242 e. The first-order valence-corrected chi connectivity index (χ1v) is 10.6. The summed E-state index contributed by atoms with van der Waals surface area (Å²) in [5.41, 5.74) is 0. The van der Waals surface area contributed by atoms with Gasteiger partial charge < -0.3 is 20.4 Å². The number of hydrogen-bond acceptors (Lipinski definition) is 7. The van der Waals surface area contributed by atoms with Gasteiger partial charge in [0.05, 0.1) is 5.75 Å². The minimum Gasteiger partial charge on any atom is -0.354 e. The van der Waals surface area contributed by atoms with E-state index < -0.39 is 6.04 Å². The summed E-state index contributed by atoms with van der Waals surface area (Å²) in [5, 5.41) is 6.45. The lowest BCUT2D eigenvalue weighted by Crippen LogP contribution is -2.46. The predicted molar refractivity (Wildman–Crippen MR) is 106 cm³/mol. The Kier molecular flexibility index (Phi) is 7.14. The predicted octanol–water partition coefficient (Wildman–Crippen LogP) is 0.759. The smallest absolute Gasteiger partial charge is 0.242 e. The van der Waals surface area contributed by atoms with Crippen LogP contribution < -0.4 is 15.5 Å². The molecule has 8 nitrogen and oxygen atoms in total. The van der Waals surface area contributed by atoms with Gasteiger partial charge in [-0.3, -0.25) is 9.59 Å². The molecule has 2 fully saturated rings. The molecule has 0 aliphatic carbocycles. The van der Waals surface area contributed by atoms with Gasteiger partial charge in [-0.05, 0) is 26.3 Å². The number of carbonyl (C=O) groups excluding carboxylic acids is 2. The van der Waals surface area contributed by atoms with Crippen LogP contribution in [0, 0.1) is 0 Å². The van der Waals surface area contributed by atoms with Gasteiger partial charge in [0.1, 0.15) is 17.0 Å². The second-order valence-electron chi connectivity index (χ2n) is 6.82. The van der Waals surface area contributed by atoms with Crippen LogP contribution in [0.25, 0.3) is 0 Å². The maximum absolute atomic E-state index is 12.2. The lowest BCUT2D eigenvalue weighted by atomic mass is 10.1. The van der Waals surface area contributed by atoms with Crippen molar-refractivity contribution < 1.29 is 9.59 Å². The topological polar surface area (TPSA) is 90.5 Å². The van der Waals surface area contributed by atoms with E-state index in [4.69, 9.17) is 11.6 Å². The summed E-state index contributed by atoms with van der Waals surface area (Å²) in [6.45, 7) is 4.37. The molecule has 10 heteroatoms. The first-order valence-electron chi connectivity index (χ1n) is 9.19. The third-order valence-electron chi connectivity index (χ3n) is 4.69. The third-order valence-corrected chi connectivity index (χ3v) is 5.73. The standard InChI is InChI=1S/C17H25ClN6O2S/c1-23-6-8-24(9-7-23)14-10-13(18)21-17(22-14)27-11-15(25)20-12-4-2-3-5-19-16(12)26/h10,12H,2-9,11H2,1H3,(H,19,26)(H,20,25). The molecule has 2 N–H and O–H groups in total. The van der Waals surface area contributed by atoms with Crippen LogP contribution in [-0.2, 0) is 9.59 Å². The zero-order valence-electron chi connectivity index (χ0n) is 15.4. The molecule has 0 spiro atoms. The highest BCUT2D eigenvalue weighted by Gasteiger charge is 2.23. The van der Waals surface area contributed by atoms with Crippen LogP contribution in [0.3, 0.4) is 0 Å². The van der Waals surface area contributed by atoms with Crippen molar-refractivity contribution >= 4 is 41.0 Å². The fourth-order valence-corrected chi connectivity index (χ4v) is 3.98. The van der Waals surface area contributed by atoms with Crippen LogP contribution >= 0.6 is 23.4 Å². The summed E-state index contributed by atoms with van der Waals surface area (Å²) in [6, 6.07) is 1.30. The molecule has 148 valence electrons. The van der Waals surface area contributed by atoms with Crippen molar-refractivity contribution in [2.24, 2.45) is 0 Å². The van der Waals surface area contributed by atoms with Crippen LogP contribution in [-0.4, -0.2) is 78.2 Å². The van der Waals surface area contributed by atoms with Crippen molar-refractivity contribution in [1.82, 2.24) is 25.5 Å². The summed E-state index contributed by atoms with van der Waals surface area (Å²) >= 11 is 7.38. The number of nitrogens with one attached hydrogen (secondary N) is 2. The first kappa shape index (κ1) is 20.2. The van der Waals surface area contributed by atoms with Crippen molar-refractivity contribution in [2.75, 3.05) is 50.4 Å². The van der Waals surface area contributed by atoms with Crippen LogP contribution in [0.4, 0.5) is 5.82 Å². The Bertz CT molecular complexity index is 683. The van der Waals surface area contributed by atoms with E-state index in [2.05, 4.69) is 37.4 Å². The highest BCUT2D eigenvalue weighted by Crippen LogP contribution is 2.22. The summed E-state index contributed by atoms with van der Waals surface area (Å²) in [4.78, 5) is 37.4. The molecular weight excluding hydrogens is 388 g/mol. The number of hydrogen-bond donors (Lipinski definition) is 2. The zero-order valence-corrected chi connectivity index (χ0v) is 17.0. The normalized spacial score (nSPS) is 21.5.